The molecule has 2 heterocycles. The van der Waals surface area contributed by atoms with Gasteiger partial charge in [0.15, 0.2) is 0 Å². The van der Waals surface area contributed by atoms with Gasteiger partial charge >= 0.3 is 0 Å². The normalized spacial score (nSPS) is 33.4. The summed E-state index contributed by atoms with van der Waals surface area (Å²) >= 11 is 0. The predicted molar refractivity (Wildman–Crippen MR) is 61.1 cm³/mol. The number of rotatable bonds is 1. The van der Waals surface area contributed by atoms with Crippen LogP contribution in [0.25, 0.3) is 0 Å². The zero-order valence-electron chi connectivity index (χ0n) is 8.89. The summed E-state index contributed by atoms with van der Waals surface area (Å²) in [6, 6.07) is 0.121. The van der Waals surface area contributed by atoms with Crippen molar-refractivity contribution in [1.29, 1.82) is 0 Å². The van der Waals surface area contributed by atoms with Gasteiger partial charge in [-0.2, -0.15) is 0 Å². The molecule has 2 fully saturated rings. The van der Waals surface area contributed by atoms with E-state index in [1.54, 1.807) is 0 Å². The van der Waals surface area contributed by atoms with Gasteiger partial charge in [0.05, 0.1) is 17.9 Å². The lowest BCUT2D eigenvalue weighted by Gasteiger charge is -2.34. The molecule has 2 amide bonds. The number of halogens is 1. The third-order valence-electron chi connectivity index (χ3n) is 3.67. The maximum absolute atomic E-state index is 12.0. The SMILES string of the molecule is Cl.O=C1C2CC=CCC2C(=O)N1C1CNC1. The maximum Gasteiger partial charge on any atom is 0.233 e. The summed E-state index contributed by atoms with van der Waals surface area (Å²) in [5.74, 6) is -0.0205. The molecule has 0 saturated carbocycles. The van der Waals surface area contributed by atoms with E-state index in [4.69, 9.17) is 0 Å². The van der Waals surface area contributed by atoms with Crippen LogP contribution in [0, 0.1) is 11.8 Å². The average molecular weight is 243 g/mol. The minimum atomic E-state index is -0.0666. The van der Waals surface area contributed by atoms with E-state index in [0.717, 1.165) is 25.9 Å². The summed E-state index contributed by atoms with van der Waals surface area (Å²) in [5, 5.41) is 3.10. The van der Waals surface area contributed by atoms with Gasteiger partial charge in [-0.05, 0) is 12.8 Å². The molecule has 0 aromatic rings. The molecule has 4 nitrogen and oxygen atoms in total. The minimum absolute atomic E-state index is 0. The van der Waals surface area contributed by atoms with E-state index < -0.39 is 0 Å². The van der Waals surface area contributed by atoms with Crippen LogP contribution >= 0.6 is 12.4 Å². The summed E-state index contributed by atoms with van der Waals surface area (Å²) in [5.41, 5.74) is 0. The lowest BCUT2D eigenvalue weighted by molar-refractivity contribution is -0.143. The van der Waals surface area contributed by atoms with Gasteiger partial charge in [-0.25, -0.2) is 0 Å². The Morgan fingerprint density at radius 3 is 1.94 bits per heavy atom. The van der Waals surface area contributed by atoms with Crippen LogP contribution in [0.1, 0.15) is 12.8 Å². The lowest BCUT2D eigenvalue weighted by atomic mass is 9.85. The Balaban J connectivity index is 0.000000963. The summed E-state index contributed by atoms with van der Waals surface area (Å²) in [7, 11) is 0. The van der Waals surface area contributed by atoms with E-state index >= 15 is 0 Å². The van der Waals surface area contributed by atoms with E-state index in [1.807, 2.05) is 12.2 Å². The minimum Gasteiger partial charge on any atom is -0.313 e. The second kappa shape index (κ2) is 4.18. The standard InChI is InChI=1S/C11H14N2O2.ClH/c14-10-8-3-1-2-4-9(8)11(15)13(10)7-5-12-6-7;/h1-2,7-9,12H,3-6H2;1H. The smallest absolute Gasteiger partial charge is 0.233 e. The van der Waals surface area contributed by atoms with Gasteiger partial charge in [-0.15, -0.1) is 12.4 Å². The predicted octanol–water partition coefficient (Wildman–Crippen LogP) is 0.331. The first kappa shape index (κ1) is 11.6. The molecule has 0 aromatic carbocycles. The molecule has 0 aromatic heterocycles. The zero-order valence-corrected chi connectivity index (χ0v) is 9.70. The van der Waals surface area contributed by atoms with E-state index in [1.165, 1.54) is 4.90 Å². The van der Waals surface area contributed by atoms with E-state index in [0.29, 0.717) is 0 Å². The van der Waals surface area contributed by atoms with Crippen molar-refractivity contribution < 1.29 is 9.59 Å². The third-order valence-corrected chi connectivity index (χ3v) is 3.67. The number of nitrogens with one attached hydrogen (secondary N) is 1. The summed E-state index contributed by atoms with van der Waals surface area (Å²) < 4.78 is 0. The molecular weight excluding hydrogens is 228 g/mol. The first-order valence-electron chi connectivity index (χ1n) is 5.51. The fourth-order valence-electron chi connectivity index (χ4n) is 2.64. The lowest BCUT2D eigenvalue weighted by Crippen LogP contribution is -2.59. The van der Waals surface area contributed by atoms with Crippen LogP contribution in [-0.4, -0.2) is 35.8 Å². The van der Waals surface area contributed by atoms with Crippen LogP contribution in [0.2, 0.25) is 0 Å². The summed E-state index contributed by atoms with van der Waals surface area (Å²) in [6.45, 7) is 1.54. The number of imide groups is 1. The second-order valence-corrected chi connectivity index (χ2v) is 4.51. The Labute approximate surface area is 100 Å². The fourth-order valence-corrected chi connectivity index (χ4v) is 2.64. The number of allylic oxidation sites excluding steroid dienone is 2. The Morgan fingerprint density at radius 1 is 1.06 bits per heavy atom. The van der Waals surface area contributed by atoms with Gasteiger partial charge in [-0.3, -0.25) is 14.5 Å². The largest absolute Gasteiger partial charge is 0.313 e. The Hall–Kier alpha value is -0.870. The molecule has 0 spiro atoms. The highest BCUT2D eigenvalue weighted by molar-refractivity contribution is 6.05. The maximum atomic E-state index is 12.0. The fraction of sp³-hybridized carbons (Fsp3) is 0.636. The summed E-state index contributed by atoms with van der Waals surface area (Å²) in [6.07, 6.45) is 5.53. The molecule has 5 heteroatoms. The summed E-state index contributed by atoms with van der Waals surface area (Å²) in [4.78, 5) is 25.6. The van der Waals surface area contributed by atoms with Crippen molar-refractivity contribution in [3.63, 3.8) is 0 Å². The number of likely N-dealkylation sites (tertiary alicyclic amines) is 1. The van der Waals surface area contributed by atoms with Crippen LogP contribution in [-0.2, 0) is 9.59 Å². The molecule has 3 aliphatic rings. The van der Waals surface area contributed by atoms with Crippen LogP contribution in [0.3, 0.4) is 0 Å². The average Bonchev–Trinajstić information content (AvgIpc) is 2.42. The van der Waals surface area contributed by atoms with Gasteiger partial charge in [0.2, 0.25) is 11.8 Å². The number of carbonyl (C=O) groups is 2. The van der Waals surface area contributed by atoms with Gasteiger partial charge in [0.25, 0.3) is 0 Å². The van der Waals surface area contributed by atoms with E-state index in [-0.39, 0.29) is 42.1 Å². The van der Waals surface area contributed by atoms with Crippen molar-refractivity contribution in [3.05, 3.63) is 12.2 Å². The van der Waals surface area contributed by atoms with Crippen molar-refractivity contribution >= 4 is 24.2 Å². The number of fused-ring (bicyclic) bond motifs is 1. The molecular formula is C11H15ClN2O2. The van der Waals surface area contributed by atoms with Gasteiger partial charge in [0, 0.05) is 13.1 Å². The molecule has 2 saturated heterocycles. The van der Waals surface area contributed by atoms with Gasteiger partial charge < -0.3 is 5.32 Å². The van der Waals surface area contributed by atoms with Crippen molar-refractivity contribution in [1.82, 2.24) is 10.2 Å². The molecule has 0 bridgehead atoms. The molecule has 16 heavy (non-hydrogen) atoms. The second-order valence-electron chi connectivity index (χ2n) is 4.51. The highest BCUT2D eigenvalue weighted by Gasteiger charge is 2.50. The van der Waals surface area contributed by atoms with E-state index in [2.05, 4.69) is 5.32 Å². The number of carbonyl (C=O) groups excluding carboxylic acids is 2. The number of hydrogen-bond acceptors (Lipinski definition) is 3. The van der Waals surface area contributed by atoms with Crippen molar-refractivity contribution in [2.75, 3.05) is 13.1 Å². The molecule has 88 valence electrons. The molecule has 0 radical (unpaired) electrons. The highest BCUT2D eigenvalue weighted by atomic mass is 35.5. The van der Waals surface area contributed by atoms with Crippen molar-refractivity contribution in [2.24, 2.45) is 11.8 Å². The number of amides is 2. The zero-order chi connectivity index (χ0) is 10.4. The Morgan fingerprint density at radius 2 is 1.56 bits per heavy atom. The van der Waals surface area contributed by atoms with Crippen LogP contribution in [0.4, 0.5) is 0 Å². The van der Waals surface area contributed by atoms with Crippen LogP contribution < -0.4 is 5.32 Å². The van der Waals surface area contributed by atoms with E-state index in [9.17, 15) is 9.59 Å². The quantitative estimate of drug-likeness (QED) is 0.533. The Kier molecular flexibility index (Phi) is 3.04. The topological polar surface area (TPSA) is 49.4 Å². The first-order chi connectivity index (χ1) is 7.29. The molecule has 3 rings (SSSR count). The van der Waals surface area contributed by atoms with Crippen LogP contribution in [0.5, 0.6) is 0 Å². The number of hydrogen-bond donors (Lipinski definition) is 1. The highest BCUT2D eigenvalue weighted by Crippen LogP contribution is 2.36. The Bertz CT molecular complexity index is 326. The molecule has 2 unspecified atom stereocenters. The van der Waals surface area contributed by atoms with Gasteiger partial charge in [0.1, 0.15) is 0 Å². The number of nitrogens with zero attached hydrogens (tertiary/aromatic N) is 1. The van der Waals surface area contributed by atoms with Crippen molar-refractivity contribution in [2.45, 2.75) is 18.9 Å². The molecule has 1 N–H and O–H groups in total. The third kappa shape index (κ3) is 1.48. The first-order valence-corrected chi connectivity index (χ1v) is 5.51. The molecule has 2 aliphatic heterocycles. The van der Waals surface area contributed by atoms with Crippen molar-refractivity contribution in [3.8, 4) is 0 Å². The monoisotopic (exact) mass is 242 g/mol. The molecule has 1 aliphatic carbocycles. The molecule has 2 atom stereocenters. The van der Waals surface area contributed by atoms with Crippen LogP contribution in [0.15, 0.2) is 12.2 Å². The van der Waals surface area contributed by atoms with Gasteiger partial charge in [-0.1, -0.05) is 12.2 Å².